The van der Waals surface area contributed by atoms with E-state index in [-0.39, 0.29) is 18.3 Å². The summed E-state index contributed by atoms with van der Waals surface area (Å²) >= 11 is 0. The molecule has 29 heavy (non-hydrogen) atoms. The van der Waals surface area contributed by atoms with Crippen LogP contribution in [0.15, 0.2) is 60.8 Å². The number of para-hydroxylation sites is 2. The number of carbonyl (C=O) groups excluding carboxylic acids is 1. The van der Waals surface area contributed by atoms with Crippen LogP contribution in [-0.2, 0) is 0 Å². The molecule has 0 aliphatic carbocycles. The van der Waals surface area contributed by atoms with Crippen molar-refractivity contribution in [1.29, 1.82) is 0 Å². The number of hydrogen-bond donors (Lipinski definition) is 1. The summed E-state index contributed by atoms with van der Waals surface area (Å²) in [7, 11) is 1.63. The Labute approximate surface area is 176 Å². The van der Waals surface area contributed by atoms with Crippen molar-refractivity contribution in [1.82, 2.24) is 20.0 Å². The van der Waals surface area contributed by atoms with Crippen LogP contribution in [0.2, 0.25) is 0 Å². The highest BCUT2D eigenvalue weighted by Gasteiger charge is 2.25. The van der Waals surface area contributed by atoms with Crippen molar-refractivity contribution in [2.24, 2.45) is 0 Å². The Kier molecular flexibility index (Phi) is 6.90. The van der Waals surface area contributed by atoms with Gasteiger partial charge >= 0.3 is 0 Å². The SMILES string of the molecule is COc1ccccc1-c1nn(-c2ccccc2)cc1C(=O)N1CCCNCC1.Cl. The Bertz CT molecular complexity index is 950. The summed E-state index contributed by atoms with van der Waals surface area (Å²) in [4.78, 5) is 15.3. The minimum absolute atomic E-state index is 0. The lowest BCUT2D eigenvalue weighted by Crippen LogP contribution is -2.34. The van der Waals surface area contributed by atoms with Gasteiger partial charge in [-0.2, -0.15) is 5.10 Å². The highest BCUT2D eigenvalue weighted by molar-refractivity contribution is 6.00. The first-order valence-corrected chi connectivity index (χ1v) is 9.56. The molecule has 0 atom stereocenters. The van der Waals surface area contributed by atoms with E-state index in [1.165, 1.54) is 0 Å². The van der Waals surface area contributed by atoms with E-state index in [2.05, 4.69) is 5.32 Å². The third kappa shape index (κ3) is 4.44. The summed E-state index contributed by atoms with van der Waals surface area (Å²) in [5, 5.41) is 8.12. The maximum atomic E-state index is 13.4. The molecule has 1 aliphatic heterocycles. The Balaban J connectivity index is 0.00000240. The monoisotopic (exact) mass is 412 g/mol. The molecule has 3 aromatic rings. The van der Waals surface area contributed by atoms with E-state index in [9.17, 15) is 4.79 Å². The molecule has 152 valence electrons. The van der Waals surface area contributed by atoms with Crippen molar-refractivity contribution in [2.45, 2.75) is 6.42 Å². The third-order valence-electron chi connectivity index (χ3n) is 4.95. The molecule has 1 N–H and O–H groups in total. The van der Waals surface area contributed by atoms with Gasteiger partial charge < -0.3 is 15.0 Å². The molecule has 1 aliphatic rings. The number of methoxy groups -OCH3 is 1. The molecule has 1 saturated heterocycles. The summed E-state index contributed by atoms with van der Waals surface area (Å²) in [6.45, 7) is 3.18. The van der Waals surface area contributed by atoms with Crippen molar-refractivity contribution in [3.63, 3.8) is 0 Å². The molecular formula is C22H25ClN4O2. The number of nitrogens with zero attached hydrogens (tertiary/aromatic N) is 3. The lowest BCUT2D eigenvalue weighted by Gasteiger charge is -2.20. The van der Waals surface area contributed by atoms with Crippen LogP contribution < -0.4 is 10.1 Å². The van der Waals surface area contributed by atoms with Gasteiger partial charge in [0.1, 0.15) is 11.4 Å². The molecule has 0 spiro atoms. The fourth-order valence-electron chi connectivity index (χ4n) is 3.50. The molecule has 2 heterocycles. The van der Waals surface area contributed by atoms with Crippen LogP contribution >= 0.6 is 12.4 Å². The normalized spacial score (nSPS) is 14.0. The number of hydrogen-bond acceptors (Lipinski definition) is 4. The van der Waals surface area contributed by atoms with Crippen LogP contribution in [-0.4, -0.2) is 53.9 Å². The molecule has 0 bridgehead atoms. The second-order valence-corrected chi connectivity index (χ2v) is 6.77. The van der Waals surface area contributed by atoms with Gasteiger partial charge in [-0.15, -0.1) is 12.4 Å². The average molecular weight is 413 g/mol. The molecule has 0 saturated carbocycles. The van der Waals surface area contributed by atoms with Crippen LogP contribution in [0.1, 0.15) is 16.8 Å². The molecule has 7 heteroatoms. The van der Waals surface area contributed by atoms with Crippen LogP contribution in [0.5, 0.6) is 5.75 Å². The number of halogens is 1. The molecular weight excluding hydrogens is 388 g/mol. The van der Waals surface area contributed by atoms with Gasteiger partial charge in [-0.1, -0.05) is 30.3 Å². The van der Waals surface area contributed by atoms with Crippen molar-refractivity contribution in [3.05, 3.63) is 66.4 Å². The maximum absolute atomic E-state index is 13.4. The molecule has 0 radical (unpaired) electrons. The second kappa shape index (κ2) is 9.58. The van der Waals surface area contributed by atoms with Gasteiger partial charge in [-0.25, -0.2) is 4.68 Å². The number of nitrogens with one attached hydrogen (secondary N) is 1. The van der Waals surface area contributed by atoms with Crippen LogP contribution in [0.25, 0.3) is 16.9 Å². The van der Waals surface area contributed by atoms with E-state index in [1.54, 1.807) is 11.8 Å². The van der Waals surface area contributed by atoms with Gasteiger partial charge in [0.05, 0.1) is 18.4 Å². The van der Waals surface area contributed by atoms with E-state index in [4.69, 9.17) is 9.84 Å². The van der Waals surface area contributed by atoms with Gasteiger partial charge in [0.15, 0.2) is 0 Å². The van der Waals surface area contributed by atoms with E-state index < -0.39 is 0 Å². The van der Waals surface area contributed by atoms with E-state index in [0.717, 1.165) is 37.3 Å². The van der Waals surface area contributed by atoms with Gasteiger partial charge in [0, 0.05) is 31.4 Å². The number of rotatable bonds is 4. The van der Waals surface area contributed by atoms with Crippen LogP contribution in [0.4, 0.5) is 0 Å². The summed E-state index contributed by atoms with van der Waals surface area (Å²) in [5.74, 6) is 0.708. The number of benzene rings is 2. The van der Waals surface area contributed by atoms with Crippen molar-refractivity contribution in [2.75, 3.05) is 33.3 Å². The minimum Gasteiger partial charge on any atom is -0.496 e. The molecule has 0 unspecified atom stereocenters. The maximum Gasteiger partial charge on any atom is 0.257 e. The Morgan fingerprint density at radius 1 is 1.03 bits per heavy atom. The van der Waals surface area contributed by atoms with Crippen molar-refractivity contribution in [3.8, 4) is 22.7 Å². The second-order valence-electron chi connectivity index (χ2n) is 6.77. The van der Waals surface area contributed by atoms with E-state index in [1.807, 2.05) is 65.7 Å². The Morgan fingerprint density at radius 3 is 2.59 bits per heavy atom. The number of carbonyl (C=O) groups is 1. The van der Waals surface area contributed by atoms with Crippen LogP contribution in [0.3, 0.4) is 0 Å². The topological polar surface area (TPSA) is 59.4 Å². The molecule has 1 amide bonds. The van der Waals surface area contributed by atoms with E-state index in [0.29, 0.717) is 23.6 Å². The van der Waals surface area contributed by atoms with Crippen LogP contribution in [0, 0.1) is 0 Å². The zero-order valence-corrected chi connectivity index (χ0v) is 17.2. The first-order chi connectivity index (χ1) is 13.8. The lowest BCUT2D eigenvalue weighted by molar-refractivity contribution is 0.0767. The summed E-state index contributed by atoms with van der Waals surface area (Å²) in [5.41, 5.74) is 2.96. The quantitative estimate of drug-likeness (QED) is 0.713. The van der Waals surface area contributed by atoms with Crippen molar-refractivity contribution >= 4 is 18.3 Å². The Morgan fingerprint density at radius 2 is 1.79 bits per heavy atom. The predicted octanol–water partition coefficient (Wildman–Crippen LogP) is 3.41. The zero-order chi connectivity index (χ0) is 19.3. The fourth-order valence-corrected chi connectivity index (χ4v) is 3.50. The first-order valence-electron chi connectivity index (χ1n) is 9.56. The zero-order valence-electron chi connectivity index (χ0n) is 16.4. The van der Waals surface area contributed by atoms with Gasteiger partial charge in [0.2, 0.25) is 0 Å². The lowest BCUT2D eigenvalue weighted by atomic mass is 10.1. The smallest absolute Gasteiger partial charge is 0.257 e. The first kappa shape index (κ1) is 20.9. The summed E-state index contributed by atoms with van der Waals surface area (Å²) < 4.78 is 7.30. The van der Waals surface area contributed by atoms with Gasteiger partial charge in [0.25, 0.3) is 5.91 Å². The van der Waals surface area contributed by atoms with Gasteiger partial charge in [-0.3, -0.25) is 4.79 Å². The summed E-state index contributed by atoms with van der Waals surface area (Å²) in [6, 6.07) is 17.5. The molecule has 1 aromatic heterocycles. The van der Waals surface area contributed by atoms with Gasteiger partial charge in [-0.05, 0) is 37.2 Å². The number of ether oxygens (including phenoxy) is 1. The number of amides is 1. The molecule has 2 aromatic carbocycles. The molecule has 1 fully saturated rings. The van der Waals surface area contributed by atoms with E-state index >= 15 is 0 Å². The number of aromatic nitrogens is 2. The Hall–Kier alpha value is -2.83. The minimum atomic E-state index is 0. The molecule has 4 rings (SSSR count). The predicted molar refractivity (Wildman–Crippen MR) is 116 cm³/mol. The highest BCUT2D eigenvalue weighted by Crippen LogP contribution is 2.32. The standard InChI is InChI=1S/C22H24N4O2.ClH/c1-28-20-11-6-5-10-18(20)21-19(22(27)25-14-7-12-23-13-15-25)16-26(24-21)17-8-3-2-4-9-17;/h2-6,8-11,16,23H,7,12-15H2,1H3;1H. The molecule has 6 nitrogen and oxygen atoms in total. The third-order valence-corrected chi connectivity index (χ3v) is 4.95. The average Bonchev–Trinajstić information content (AvgIpc) is 3.01. The fraction of sp³-hybridized carbons (Fsp3) is 0.273. The summed E-state index contributed by atoms with van der Waals surface area (Å²) in [6.07, 6.45) is 2.78. The largest absolute Gasteiger partial charge is 0.496 e. The van der Waals surface area contributed by atoms with Crippen molar-refractivity contribution < 1.29 is 9.53 Å². The highest BCUT2D eigenvalue weighted by atomic mass is 35.5.